The smallest absolute Gasteiger partial charge is 0.277 e. The minimum absolute atomic E-state index is 0.172. The number of para-hydroxylation sites is 1. The Morgan fingerprint density at radius 3 is 2.11 bits per heavy atom. The van der Waals surface area contributed by atoms with E-state index in [0.717, 1.165) is 56.1 Å². The highest BCUT2D eigenvalue weighted by Gasteiger charge is 2.27. The summed E-state index contributed by atoms with van der Waals surface area (Å²) >= 11 is 0. The predicted octanol–water partition coefficient (Wildman–Crippen LogP) is 3.07. The van der Waals surface area contributed by atoms with Crippen molar-refractivity contribution < 1.29 is 4.79 Å². The molecule has 1 saturated carbocycles. The van der Waals surface area contributed by atoms with E-state index in [0.29, 0.717) is 11.7 Å². The molecule has 7 heteroatoms. The SMILES string of the molecule is O=C(Nc1c(N2CCCC2)cccc1N1CCCC1)c1cn(C2CC2)nn1. The van der Waals surface area contributed by atoms with Gasteiger partial charge in [-0.2, -0.15) is 0 Å². The van der Waals surface area contributed by atoms with E-state index >= 15 is 0 Å². The molecule has 7 nitrogen and oxygen atoms in total. The maximum absolute atomic E-state index is 12.9. The van der Waals surface area contributed by atoms with E-state index in [1.807, 2.05) is 4.68 Å². The van der Waals surface area contributed by atoms with Crippen molar-refractivity contribution in [1.82, 2.24) is 15.0 Å². The predicted molar refractivity (Wildman–Crippen MR) is 106 cm³/mol. The Balaban J connectivity index is 1.46. The number of rotatable bonds is 5. The number of nitrogens with one attached hydrogen (secondary N) is 1. The van der Waals surface area contributed by atoms with Crippen molar-refractivity contribution in [3.63, 3.8) is 0 Å². The minimum atomic E-state index is -0.172. The number of carbonyl (C=O) groups is 1. The van der Waals surface area contributed by atoms with Crippen LogP contribution < -0.4 is 15.1 Å². The standard InChI is InChI=1S/C20H26N6O/c27-20(16-14-26(23-22-16)15-8-9-15)21-19-17(24-10-1-2-11-24)6-5-7-18(19)25-12-3-4-13-25/h5-7,14-15H,1-4,8-13H2,(H,21,27). The average molecular weight is 366 g/mol. The fourth-order valence-corrected chi connectivity index (χ4v) is 4.18. The Bertz CT molecular complexity index is 796. The van der Waals surface area contributed by atoms with Gasteiger partial charge in [0.05, 0.1) is 29.3 Å². The van der Waals surface area contributed by atoms with Gasteiger partial charge in [-0.05, 0) is 50.7 Å². The van der Waals surface area contributed by atoms with Crippen LogP contribution in [0.3, 0.4) is 0 Å². The van der Waals surface area contributed by atoms with Crippen LogP contribution in [0.4, 0.5) is 17.1 Å². The van der Waals surface area contributed by atoms with Gasteiger partial charge in [-0.15, -0.1) is 5.10 Å². The Hall–Kier alpha value is -2.57. The number of aromatic nitrogens is 3. The molecule has 0 unspecified atom stereocenters. The number of amides is 1. The summed E-state index contributed by atoms with van der Waals surface area (Å²) < 4.78 is 1.82. The first-order chi connectivity index (χ1) is 13.3. The molecule has 1 aromatic carbocycles. The zero-order valence-corrected chi connectivity index (χ0v) is 15.6. The van der Waals surface area contributed by atoms with Gasteiger partial charge < -0.3 is 15.1 Å². The summed E-state index contributed by atoms with van der Waals surface area (Å²) in [5.74, 6) is -0.172. The van der Waals surface area contributed by atoms with Crippen molar-refractivity contribution in [3.05, 3.63) is 30.1 Å². The van der Waals surface area contributed by atoms with Crippen LogP contribution in [0, 0.1) is 0 Å². The van der Waals surface area contributed by atoms with Crippen LogP contribution in [0.15, 0.2) is 24.4 Å². The molecule has 1 amide bonds. The van der Waals surface area contributed by atoms with Gasteiger partial charge in [0, 0.05) is 26.2 Å². The zero-order chi connectivity index (χ0) is 18.2. The van der Waals surface area contributed by atoms with E-state index < -0.39 is 0 Å². The number of benzene rings is 1. The normalized spacial score (nSPS) is 19.7. The Labute approximate surface area is 159 Å². The molecule has 0 spiro atoms. The number of hydrogen-bond acceptors (Lipinski definition) is 5. The number of hydrogen-bond donors (Lipinski definition) is 1. The summed E-state index contributed by atoms with van der Waals surface area (Å²) in [5.41, 5.74) is 3.57. The molecule has 1 N–H and O–H groups in total. The molecule has 3 fully saturated rings. The molecule has 3 aliphatic rings. The van der Waals surface area contributed by atoms with Gasteiger partial charge in [0.15, 0.2) is 5.69 Å². The average Bonchev–Trinajstić information content (AvgIpc) is 3.17. The molecule has 0 bridgehead atoms. The third-order valence-corrected chi connectivity index (χ3v) is 5.82. The van der Waals surface area contributed by atoms with Crippen molar-refractivity contribution in [2.45, 2.75) is 44.6 Å². The molecular weight excluding hydrogens is 340 g/mol. The van der Waals surface area contributed by atoms with Gasteiger partial charge in [0.1, 0.15) is 0 Å². The van der Waals surface area contributed by atoms with Gasteiger partial charge in [0.2, 0.25) is 0 Å². The third kappa shape index (κ3) is 3.26. The first-order valence-electron chi connectivity index (χ1n) is 10.2. The lowest BCUT2D eigenvalue weighted by molar-refractivity contribution is 0.102. The highest BCUT2D eigenvalue weighted by molar-refractivity contribution is 6.07. The van der Waals surface area contributed by atoms with Gasteiger partial charge >= 0.3 is 0 Å². The summed E-state index contributed by atoms with van der Waals surface area (Å²) in [6, 6.07) is 6.79. The molecule has 1 aromatic heterocycles. The van der Waals surface area contributed by atoms with Gasteiger partial charge in [-0.25, -0.2) is 4.68 Å². The molecule has 5 rings (SSSR count). The first-order valence-corrected chi connectivity index (χ1v) is 10.2. The molecular formula is C20H26N6O. The Morgan fingerprint density at radius 1 is 0.963 bits per heavy atom. The Morgan fingerprint density at radius 2 is 1.56 bits per heavy atom. The Kier molecular flexibility index (Phi) is 4.22. The second-order valence-electron chi connectivity index (χ2n) is 7.83. The minimum Gasteiger partial charge on any atom is -0.370 e. The number of nitrogens with zero attached hydrogens (tertiary/aromatic N) is 5. The van der Waals surface area contributed by atoms with Crippen LogP contribution in [0.5, 0.6) is 0 Å². The van der Waals surface area contributed by atoms with E-state index in [-0.39, 0.29) is 5.91 Å². The fraction of sp³-hybridized carbons (Fsp3) is 0.550. The first kappa shape index (κ1) is 16.6. The van der Waals surface area contributed by atoms with E-state index in [9.17, 15) is 4.79 Å². The molecule has 3 heterocycles. The highest BCUT2D eigenvalue weighted by Crippen LogP contribution is 2.39. The van der Waals surface area contributed by atoms with E-state index in [2.05, 4.69) is 43.6 Å². The van der Waals surface area contributed by atoms with Crippen LogP contribution in [0.25, 0.3) is 0 Å². The fourth-order valence-electron chi connectivity index (χ4n) is 4.18. The summed E-state index contributed by atoms with van der Waals surface area (Å²) in [6.07, 6.45) is 8.85. The molecule has 0 radical (unpaired) electrons. The second kappa shape index (κ2) is 6.87. The van der Waals surface area contributed by atoms with E-state index in [1.54, 1.807) is 6.20 Å². The van der Waals surface area contributed by atoms with Crippen LogP contribution in [-0.4, -0.2) is 47.1 Å². The number of anilines is 3. The van der Waals surface area contributed by atoms with Gasteiger partial charge in [-0.1, -0.05) is 11.3 Å². The lowest BCUT2D eigenvalue weighted by Gasteiger charge is -2.27. The van der Waals surface area contributed by atoms with Crippen molar-refractivity contribution in [1.29, 1.82) is 0 Å². The van der Waals surface area contributed by atoms with Crippen LogP contribution >= 0.6 is 0 Å². The van der Waals surface area contributed by atoms with Crippen molar-refractivity contribution >= 4 is 23.0 Å². The van der Waals surface area contributed by atoms with Gasteiger partial charge in [0.25, 0.3) is 5.91 Å². The summed E-state index contributed by atoms with van der Waals surface area (Å²) in [6.45, 7) is 4.18. The quantitative estimate of drug-likeness (QED) is 0.881. The largest absolute Gasteiger partial charge is 0.370 e. The maximum atomic E-state index is 12.9. The lowest BCUT2D eigenvalue weighted by Crippen LogP contribution is -2.25. The molecule has 2 saturated heterocycles. The van der Waals surface area contributed by atoms with E-state index in [4.69, 9.17) is 0 Å². The van der Waals surface area contributed by atoms with Gasteiger partial charge in [-0.3, -0.25) is 4.79 Å². The van der Waals surface area contributed by atoms with Crippen molar-refractivity contribution in [3.8, 4) is 0 Å². The second-order valence-corrected chi connectivity index (χ2v) is 7.83. The topological polar surface area (TPSA) is 66.3 Å². The van der Waals surface area contributed by atoms with Crippen LogP contribution in [0.2, 0.25) is 0 Å². The van der Waals surface area contributed by atoms with Crippen molar-refractivity contribution in [2.24, 2.45) is 0 Å². The van der Waals surface area contributed by atoms with Crippen molar-refractivity contribution in [2.75, 3.05) is 41.3 Å². The van der Waals surface area contributed by atoms with Crippen LogP contribution in [-0.2, 0) is 0 Å². The molecule has 142 valence electrons. The summed E-state index contributed by atoms with van der Waals surface area (Å²) in [7, 11) is 0. The molecule has 2 aliphatic heterocycles. The molecule has 0 atom stereocenters. The summed E-state index contributed by atoms with van der Waals surface area (Å²) in [4.78, 5) is 17.7. The molecule has 27 heavy (non-hydrogen) atoms. The monoisotopic (exact) mass is 366 g/mol. The maximum Gasteiger partial charge on any atom is 0.277 e. The zero-order valence-electron chi connectivity index (χ0n) is 15.6. The van der Waals surface area contributed by atoms with Crippen LogP contribution in [0.1, 0.15) is 55.1 Å². The number of carbonyl (C=O) groups excluding carboxylic acids is 1. The van der Waals surface area contributed by atoms with E-state index in [1.165, 1.54) is 25.7 Å². The molecule has 2 aromatic rings. The highest BCUT2D eigenvalue weighted by atomic mass is 16.2. The lowest BCUT2D eigenvalue weighted by atomic mass is 10.2. The molecule has 1 aliphatic carbocycles. The summed E-state index contributed by atoms with van der Waals surface area (Å²) in [5, 5.41) is 11.4. The third-order valence-electron chi connectivity index (χ3n) is 5.82.